The van der Waals surface area contributed by atoms with Gasteiger partial charge in [-0.3, -0.25) is 4.79 Å². The Morgan fingerprint density at radius 3 is 2.69 bits per heavy atom. The van der Waals surface area contributed by atoms with Gasteiger partial charge in [0.1, 0.15) is 0 Å². The fourth-order valence-electron chi connectivity index (χ4n) is 3.82. The van der Waals surface area contributed by atoms with Crippen molar-refractivity contribution < 1.29 is 18.0 Å². The van der Waals surface area contributed by atoms with Gasteiger partial charge >= 0.3 is 0 Å². The molecule has 2 aromatic carbocycles. The largest absolute Gasteiger partial charge is 0.349 e. The van der Waals surface area contributed by atoms with E-state index in [-0.39, 0.29) is 6.04 Å². The van der Waals surface area contributed by atoms with Gasteiger partial charge in [0.05, 0.1) is 5.56 Å². The minimum Gasteiger partial charge on any atom is -0.349 e. The molecule has 0 bridgehead atoms. The first-order valence-corrected chi connectivity index (χ1v) is 8.47. The molecule has 1 unspecified atom stereocenters. The highest BCUT2D eigenvalue weighted by Crippen LogP contribution is 2.31. The van der Waals surface area contributed by atoms with Crippen molar-refractivity contribution in [2.24, 2.45) is 7.05 Å². The second-order valence-electron chi connectivity index (χ2n) is 6.64. The number of fused-ring (bicyclic) bond motifs is 3. The van der Waals surface area contributed by atoms with Gasteiger partial charge in [0, 0.05) is 29.7 Å². The summed E-state index contributed by atoms with van der Waals surface area (Å²) in [5.41, 5.74) is 3.06. The molecule has 26 heavy (non-hydrogen) atoms. The summed E-state index contributed by atoms with van der Waals surface area (Å²) in [6.45, 7) is 0. The van der Waals surface area contributed by atoms with E-state index in [1.54, 1.807) is 0 Å². The fraction of sp³-hybridized carbons (Fsp3) is 0.250. The summed E-state index contributed by atoms with van der Waals surface area (Å²) in [5, 5.41) is 3.90. The molecule has 1 aliphatic rings. The van der Waals surface area contributed by atoms with Crippen LogP contribution in [0.25, 0.3) is 10.9 Å². The summed E-state index contributed by atoms with van der Waals surface area (Å²) >= 11 is 0. The normalized spacial score (nSPS) is 16.5. The molecule has 3 nitrogen and oxygen atoms in total. The average Bonchev–Trinajstić information content (AvgIpc) is 2.92. The van der Waals surface area contributed by atoms with Crippen molar-refractivity contribution >= 4 is 16.8 Å². The van der Waals surface area contributed by atoms with Crippen molar-refractivity contribution in [3.05, 3.63) is 70.7 Å². The summed E-state index contributed by atoms with van der Waals surface area (Å²) in [4.78, 5) is 12.3. The molecule has 3 aromatic rings. The van der Waals surface area contributed by atoms with Crippen LogP contribution in [-0.2, 0) is 19.9 Å². The fourth-order valence-corrected chi connectivity index (χ4v) is 3.82. The van der Waals surface area contributed by atoms with Gasteiger partial charge in [0.15, 0.2) is 17.5 Å². The highest BCUT2D eigenvalue weighted by molar-refractivity contribution is 5.95. The number of nitrogens with zero attached hydrogens (tertiary/aromatic N) is 1. The number of benzene rings is 2. The lowest BCUT2D eigenvalue weighted by Gasteiger charge is -2.24. The lowest BCUT2D eigenvalue weighted by Crippen LogP contribution is -2.39. The van der Waals surface area contributed by atoms with E-state index in [4.69, 9.17) is 0 Å². The molecule has 0 radical (unpaired) electrons. The molecule has 0 fully saturated rings. The molecule has 0 spiro atoms. The van der Waals surface area contributed by atoms with Gasteiger partial charge in [0.2, 0.25) is 0 Å². The van der Waals surface area contributed by atoms with Crippen LogP contribution < -0.4 is 5.32 Å². The molecule has 1 amide bonds. The number of halogens is 3. The van der Waals surface area contributed by atoms with Crippen molar-refractivity contribution in [1.29, 1.82) is 0 Å². The van der Waals surface area contributed by atoms with E-state index in [2.05, 4.69) is 16.0 Å². The number of carbonyl (C=O) groups excluding carboxylic acids is 1. The molecule has 0 saturated carbocycles. The van der Waals surface area contributed by atoms with Crippen molar-refractivity contribution in [2.45, 2.75) is 25.3 Å². The molecule has 4 rings (SSSR count). The average molecular weight is 358 g/mol. The van der Waals surface area contributed by atoms with Crippen molar-refractivity contribution in [1.82, 2.24) is 9.88 Å². The van der Waals surface area contributed by atoms with E-state index in [1.165, 1.54) is 11.3 Å². The second kappa shape index (κ2) is 6.20. The zero-order valence-electron chi connectivity index (χ0n) is 14.2. The standard InChI is InChI=1S/C20H17F3N2O/c1-25-16-5-3-2-4-12(16)14-10-11(6-9-17(14)25)24-20(26)13-7-8-15(21)19(23)18(13)22/h2-5,7-8,11H,6,9-10H2,1H3,(H,24,26). The Bertz CT molecular complexity index is 1030. The number of hydrogen-bond acceptors (Lipinski definition) is 1. The number of para-hydroxylation sites is 1. The maximum atomic E-state index is 13.8. The molecule has 1 aliphatic carbocycles. The SMILES string of the molecule is Cn1c2c(c3ccccc31)CC(NC(=O)c1ccc(F)c(F)c1F)CC2. The first-order valence-electron chi connectivity index (χ1n) is 8.47. The maximum Gasteiger partial charge on any atom is 0.254 e. The molecule has 1 aromatic heterocycles. The highest BCUT2D eigenvalue weighted by Gasteiger charge is 2.27. The van der Waals surface area contributed by atoms with Gasteiger partial charge < -0.3 is 9.88 Å². The van der Waals surface area contributed by atoms with E-state index in [9.17, 15) is 18.0 Å². The van der Waals surface area contributed by atoms with Crippen LogP contribution in [0.5, 0.6) is 0 Å². The molecule has 1 heterocycles. The zero-order chi connectivity index (χ0) is 18.4. The van der Waals surface area contributed by atoms with Crippen LogP contribution >= 0.6 is 0 Å². The quantitative estimate of drug-likeness (QED) is 0.693. The summed E-state index contributed by atoms with van der Waals surface area (Å²) in [6, 6.07) is 9.60. The molecule has 6 heteroatoms. The van der Waals surface area contributed by atoms with Gasteiger partial charge in [-0.1, -0.05) is 18.2 Å². The minimum atomic E-state index is -1.63. The van der Waals surface area contributed by atoms with Gasteiger partial charge in [0.25, 0.3) is 5.91 Å². The third-order valence-electron chi connectivity index (χ3n) is 5.14. The maximum absolute atomic E-state index is 13.8. The third-order valence-corrected chi connectivity index (χ3v) is 5.14. The van der Waals surface area contributed by atoms with E-state index in [1.807, 2.05) is 25.2 Å². The smallest absolute Gasteiger partial charge is 0.254 e. The Morgan fingerprint density at radius 2 is 1.88 bits per heavy atom. The Balaban J connectivity index is 1.59. The molecule has 1 N–H and O–H groups in total. The number of hydrogen-bond donors (Lipinski definition) is 1. The van der Waals surface area contributed by atoms with Gasteiger partial charge in [-0.2, -0.15) is 0 Å². The van der Waals surface area contributed by atoms with E-state index in [0.29, 0.717) is 12.8 Å². The van der Waals surface area contributed by atoms with Crippen molar-refractivity contribution in [3.8, 4) is 0 Å². The predicted octanol–water partition coefficient (Wildman–Crippen LogP) is 3.88. The molecule has 134 valence electrons. The first-order chi connectivity index (χ1) is 12.5. The van der Waals surface area contributed by atoms with E-state index in [0.717, 1.165) is 29.5 Å². The van der Waals surface area contributed by atoms with Crippen LogP contribution in [0, 0.1) is 17.5 Å². The lowest BCUT2D eigenvalue weighted by atomic mass is 9.91. The third kappa shape index (κ3) is 2.57. The monoisotopic (exact) mass is 358 g/mol. The number of carbonyl (C=O) groups is 1. The van der Waals surface area contributed by atoms with Crippen LogP contribution in [0.2, 0.25) is 0 Å². The molecular formula is C20H17F3N2O. The molecular weight excluding hydrogens is 341 g/mol. The molecule has 0 aliphatic heterocycles. The van der Waals surface area contributed by atoms with Gasteiger partial charge in [-0.25, -0.2) is 13.2 Å². The first kappa shape index (κ1) is 16.7. The number of amides is 1. The van der Waals surface area contributed by atoms with Crippen molar-refractivity contribution in [3.63, 3.8) is 0 Å². The topological polar surface area (TPSA) is 34.0 Å². The summed E-state index contributed by atoms with van der Waals surface area (Å²) in [6.07, 6.45) is 2.10. The highest BCUT2D eigenvalue weighted by atomic mass is 19.2. The van der Waals surface area contributed by atoms with Crippen LogP contribution in [0.3, 0.4) is 0 Å². The van der Waals surface area contributed by atoms with Crippen LogP contribution in [0.4, 0.5) is 13.2 Å². The Hall–Kier alpha value is -2.76. The number of aryl methyl sites for hydroxylation is 1. The minimum absolute atomic E-state index is 0.187. The summed E-state index contributed by atoms with van der Waals surface area (Å²) in [7, 11) is 2.02. The second-order valence-corrected chi connectivity index (χ2v) is 6.64. The summed E-state index contributed by atoms with van der Waals surface area (Å²) < 4.78 is 42.4. The Labute approximate surface area is 148 Å². The number of rotatable bonds is 2. The van der Waals surface area contributed by atoms with Crippen LogP contribution in [-0.4, -0.2) is 16.5 Å². The van der Waals surface area contributed by atoms with E-state index >= 15 is 0 Å². The number of aromatic nitrogens is 1. The zero-order valence-corrected chi connectivity index (χ0v) is 14.2. The van der Waals surface area contributed by atoms with Crippen molar-refractivity contribution in [2.75, 3.05) is 0 Å². The van der Waals surface area contributed by atoms with Crippen LogP contribution in [0.15, 0.2) is 36.4 Å². The Kier molecular flexibility index (Phi) is 3.98. The Morgan fingerprint density at radius 1 is 1.12 bits per heavy atom. The summed E-state index contributed by atoms with van der Waals surface area (Å²) in [5.74, 6) is -5.12. The van der Waals surface area contributed by atoms with Gasteiger partial charge in [-0.05, 0) is 43.0 Å². The van der Waals surface area contributed by atoms with Crippen LogP contribution in [0.1, 0.15) is 28.0 Å². The van der Waals surface area contributed by atoms with Gasteiger partial charge in [-0.15, -0.1) is 0 Å². The molecule has 1 atom stereocenters. The number of nitrogens with one attached hydrogen (secondary N) is 1. The van der Waals surface area contributed by atoms with E-state index < -0.39 is 28.9 Å². The molecule has 0 saturated heterocycles. The lowest BCUT2D eigenvalue weighted by molar-refractivity contribution is 0.0928. The predicted molar refractivity (Wildman–Crippen MR) is 92.5 cm³/mol.